The smallest absolute Gasteiger partial charge is 0.250 e. The van der Waals surface area contributed by atoms with E-state index in [4.69, 9.17) is 16.3 Å². The molecule has 0 spiro atoms. The van der Waals surface area contributed by atoms with Crippen molar-refractivity contribution < 1.29 is 9.53 Å². The maximum absolute atomic E-state index is 12.0. The number of halogens is 2. The van der Waals surface area contributed by atoms with Crippen LogP contribution in [0.5, 0.6) is 0 Å². The lowest BCUT2D eigenvalue weighted by molar-refractivity contribution is -0.120. The standard InChI is InChI=1S/C17H21BrClN3O2/c1-2-24-11-16(23)22-15-10-21-14-9-12(18)5-6-13(14)17(15)20-8-4-3-7-19/h5-6,9-10H,2-4,7-8,11H2,1H3,(H,20,21)(H,22,23). The summed E-state index contributed by atoms with van der Waals surface area (Å²) in [5, 5.41) is 7.23. The average molecular weight is 415 g/mol. The topological polar surface area (TPSA) is 63.2 Å². The van der Waals surface area contributed by atoms with Gasteiger partial charge < -0.3 is 15.4 Å². The van der Waals surface area contributed by atoms with Crippen molar-refractivity contribution in [1.29, 1.82) is 0 Å². The second-order valence-electron chi connectivity index (χ2n) is 5.22. The number of ether oxygens (including phenoxy) is 1. The van der Waals surface area contributed by atoms with E-state index >= 15 is 0 Å². The van der Waals surface area contributed by atoms with Crippen molar-refractivity contribution in [2.75, 3.05) is 36.3 Å². The third-order valence-corrected chi connectivity index (χ3v) is 4.17. The van der Waals surface area contributed by atoms with Crippen LogP contribution >= 0.6 is 27.5 Å². The van der Waals surface area contributed by atoms with Gasteiger partial charge in [0, 0.05) is 28.9 Å². The highest BCUT2D eigenvalue weighted by atomic mass is 79.9. The van der Waals surface area contributed by atoms with E-state index in [0.717, 1.165) is 40.4 Å². The van der Waals surface area contributed by atoms with Crippen LogP contribution in [0.2, 0.25) is 0 Å². The number of rotatable bonds is 9. The fraction of sp³-hybridized carbons (Fsp3) is 0.412. The van der Waals surface area contributed by atoms with Gasteiger partial charge in [0.05, 0.1) is 23.1 Å². The van der Waals surface area contributed by atoms with Gasteiger partial charge in [0.15, 0.2) is 0 Å². The first-order valence-corrected chi connectivity index (χ1v) is 9.24. The Balaban J connectivity index is 2.27. The van der Waals surface area contributed by atoms with E-state index in [1.165, 1.54) is 0 Å². The zero-order chi connectivity index (χ0) is 17.4. The Labute approximate surface area is 155 Å². The number of aromatic nitrogens is 1. The van der Waals surface area contributed by atoms with Crippen molar-refractivity contribution in [1.82, 2.24) is 4.98 Å². The van der Waals surface area contributed by atoms with E-state index in [-0.39, 0.29) is 12.5 Å². The molecule has 2 N–H and O–H groups in total. The molecule has 0 saturated carbocycles. The minimum Gasteiger partial charge on any atom is -0.383 e. The van der Waals surface area contributed by atoms with Gasteiger partial charge in [-0.05, 0) is 38.0 Å². The van der Waals surface area contributed by atoms with Gasteiger partial charge in [0.1, 0.15) is 6.61 Å². The molecule has 0 aliphatic carbocycles. The summed E-state index contributed by atoms with van der Waals surface area (Å²) in [5.74, 6) is 0.447. The van der Waals surface area contributed by atoms with Crippen molar-refractivity contribution in [3.63, 3.8) is 0 Å². The first-order valence-electron chi connectivity index (χ1n) is 7.91. The molecule has 0 unspecified atom stereocenters. The predicted octanol–water partition coefficient (Wildman–Crippen LogP) is 4.40. The number of benzene rings is 1. The van der Waals surface area contributed by atoms with E-state index in [0.29, 0.717) is 18.2 Å². The molecule has 5 nitrogen and oxygen atoms in total. The molecule has 0 aliphatic heterocycles. The predicted molar refractivity (Wildman–Crippen MR) is 103 cm³/mol. The SMILES string of the molecule is CCOCC(=O)Nc1cnc2cc(Br)ccc2c1NCCCCCl. The molecule has 2 rings (SSSR count). The zero-order valence-corrected chi connectivity index (χ0v) is 15.9. The van der Waals surface area contributed by atoms with Crippen molar-refractivity contribution in [3.8, 4) is 0 Å². The maximum atomic E-state index is 12.0. The number of hydrogen-bond acceptors (Lipinski definition) is 4. The number of nitrogens with zero attached hydrogens (tertiary/aromatic N) is 1. The van der Waals surface area contributed by atoms with Crippen LogP contribution in [-0.4, -0.2) is 36.5 Å². The lowest BCUT2D eigenvalue weighted by Gasteiger charge is -2.15. The van der Waals surface area contributed by atoms with E-state index in [1.807, 2.05) is 25.1 Å². The summed E-state index contributed by atoms with van der Waals surface area (Å²) in [4.78, 5) is 16.4. The van der Waals surface area contributed by atoms with E-state index < -0.39 is 0 Å². The summed E-state index contributed by atoms with van der Waals surface area (Å²) in [5.41, 5.74) is 2.37. The summed E-state index contributed by atoms with van der Waals surface area (Å²) in [6.07, 6.45) is 3.56. The van der Waals surface area contributed by atoms with Crippen LogP contribution in [0, 0.1) is 0 Å². The van der Waals surface area contributed by atoms with Crippen LogP contribution in [0.25, 0.3) is 10.9 Å². The molecule has 1 amide bonds. The van der Waals surface area contributed by atoms with Gasteiger partial charge in [-0.2, -0.15) is 0 Å². The second kappa shape index (κ2) is 9.81. The Kier molecular flexibility index (Phi) is 7.75. The number of carbonyl (C=O) groups excluding carboxylic acids is 1. The van der Waals surface area contributed by atoms with Gasteiger partial charge in [-0.15, -0.1) is 11.6 Å². The van der Waals surface area contributed by atoms with Crippen molar-refractivity contribution >= 4 is 55.7 Å². The Hall–Kier alpha value is -1.37. The first kappa shape index (κ1) is 19.0. The minimum atomic E-state index is -0.195. The Morgan fingerprint density at radius 1 is 1.38 bits per heavy atom. The number of anilines is 2. The lowest BCUT2D eigenvalue weighted by Crippen LogP contribution is -2.19. The average Bonchev–Trinajstić information content (AvgIpc) is 2.58. The molecule has 0 aliphatic rings. The van der Waals surface area contributed by atoms with Gasteiger partial charge in [-0.25, -0.2) is 0 Å². The van der Waals surface area contributed by atoms with Gasteiger partial charge >= 0.3 is 0 Å². The fourth-order valence-electron chi connectivity index (χ4n) is 2.27. The molecule has 24 heavy (non-hydrogen) atoms. The summed E-state index contributed by atoms with van der Waals surface area (Å²) >= 11 is 9.19. The van der Waals surface area contributed by atoms with Gasteiger partial charge in [0.25, 0.3) is 0 Å². The van der Waals surface area contributed by atoms with Crippen LogP contribution in [0.3, 0.4) is 0 Å². The van der Waals surface area contributed by atoms with Crippen LogP contribution in [0.15, 0.2) is 28.9 Å². The largest absolute Gasteiger partial charge is 0.383 e. The molecule has 1 aromatic heterocycles. The molecule has 0 radical (unpaired) electrons. The highest BCUT2D eigenvalue weighted by molar-refractivity contribution is 9.10. The summed E-state index contributed by atoms with van der Waals surface area (Å²) in [6.45, 7) is 3.16. The Morgan fingerprint density at radius 3 is 2.96 bits per heavy atom. The molecular weight excluding hydrogens is 394 g/mol. The number of amides is 1. The fourth-order valence-corrected chi connectivity index (χ4v) is 2.80. The highest BCUT2D eigenvalue weighted by Gasteiger charge is 2.12. The summed E-state index contributed by atoms with van der Waals surface area (Å²) in [6, 6.07) is 5.89. The van der Waals surface area contributed by atoms with Crippen molar-refractivity contribution in [2.24, 2.45) is 0 Å². The Bertz CT molecular complexity index is 697. The maximum Gasteiger partial charge on any atom is 0.250 e. The number of pyridine rings is 1. The molecule has 130 valence electrons. The van der Waals surface area contributed by atoms with Crippen molar-refractivity contribution in [3.05, 3.63) is 28.9 Å². The molecular formula is C17H21BrClN3O2. The molecule has 1 heterocycles. The van der Waals surface area contributed by atoms with Crippen LogP contribution in [0.4, 0.5) is 11.4 Å². The molecule has 0 bridgehead atoms. The number of hydrogen-bond donors (Lipinski definition) is 2. The second-order valence-corrected chi connectivity index (χ2v) is 6.51. The summed E-state index contributed by atoms with van der Waals surface area (Å²) in [7, 11) is 0. The van der Waals surface area contributed by atoms with Crippen LogP contribution in [-0.2, 0) is 9.53 Å². The number of alkyl halides is 1. The van der Waals surface area contributed by atoms with E-state index in [1.54, 1.807) is 6.20 Å². The minimum absolute atomic E-state index is 0.0283. The van der Waals surface area contributed by atoms with E-state index in [2.05, 4.69) is 31.5 Å². The lowest BCUT2D eigenvalue weighted by atomic mass is 10.1. The van der Waals surface area contributed by atoms with Crippen LogP contribution in [0.1, 0.15) is 19.8 Å². The number of nitrogens with one attached hydrogen (secondary N) is 2. The summed E-state index contributed by atoms with van der Waals surface area (Å²) < 4.78 is 6.11. The molecule has 0 atom stereocenters. The third kappa shape index (κ3) is 5.33. The quantitative estimate of drug-likeness (QED) is 0.471. The number of fused-ring (bicyclic) bond motifs is 1. The molecule has 7 heteroatoms. The van der Waals surface area contributed by atoms with Gasteiger partial charge in [-0.1, -0.05) is 15.9 Å². The Morgan fingerprint density at radius 2 is 2.21 bits per heavy atom. The third-order valence-electron chi connectivity index (χ3n) is 3.40. The zero-order valence-electron chi connectivity index (χ0n) is 13.6. The van der Waals surface area contributed by atoms with E-state index in [9.17, 15) is 4.79 Å². The number of unbranched alkanes of at least 4 members (excludes halogenated alkanes) is 1. The van der Waals surface area contributed by atoms with Gasteiger partial charge in [0.2, 0.25) is 5.91 Å². The normalized spacial score (nSPS) is 10.8. The molecule has 2 aromatic rings. The molecule has 0 fully saturated rings. The monoisotopic (exact) mass is 413 g/mol. The van der Waals surface area contributed by atoms with Crippen LogP contribution < -0.4 is 10.6 Å². The molecule has 1 aromatic carbocycles. The number of carbonyl (C=O) groups is 1. The van der Waals surface area contributed by atoms with Gasteiger partial charge in [-0.3, -0.25) is 9.78 Å². The first-order chi connectivity index (χ1) is 11.7. The highest BCUT2D eigenvalue weighted by Crippen LogP contribution is 2.31. The van der Waals surface area contributed by atoms with Crippen molar-refractivity contribution in [2.45, 2.75) is 19.8 Å². The molecule has 0 saturated heterocycles.